The number of anilines is 2. The quantitative estimate of drug-likeness (QED) is 0.357. The van der Waals surface area contributed by atoms with Crippen LogP contribution in [0.1, 0.15) is 32.9 Å². The molecule has 3 aromatic rings. The molecule has 10 heteroatoms. The number of aromatic amines is 1. The van der Waals surface area contributed by atoms with E-state index in [4.69, 9.17) is 9.84 Å². The van der Waals surface area contributed by atoms with Gasteiger partial charge >= 0.3 is 6.16 Å². The summed E-state index contributed by atoms with van der Waals surface area (Å²) in [5, 5.41) is 14.3. The number of hydrogen-bond acceptors (Lipinski definition) is 5. The first-order valence-electron chi connectivity index (χ1n) is 9.90. The molecule has 0 radical (unpaired) electrons. The van der Waals surface area contributed by atoms with Gasteiger partial charge in [0, 0.05) is 35.8 Å². The van der Waals surface area contributed by atoms with E-state index in [0.29, 0.717) is 39.5 Å². The normalized spacial score (nSPS) is 13.5. The third-order valence-corrected chi connectivity index (χ3v) is 5.31. The van der Waals surface area contributed by atoms with Crippen molar-refractivity contribution in [3.63, 3.8) is 0 Å². The van der Waals surface area contributed by atoms with Crippen molar-refractivity contribution in [3.8, 4) is 5.75 Å². The molecule has 0 aliphatic carbocycles. The van der Waals surface area contributed by atoms with Gasteiger partial charge in [0.15, 0.2) is 5.75 Å². The average Bonchev–Trinajstić information content (AvgIpc) is 3.20. The van der Waals surface area contributed by atoms with Gasteiger partial charge in [0.1, 0.15) is 5.56 Å². The van der Waals surface area contributed by atoms with Gasteiger partial charge in [-0.3, -0.25) is 14.4 Å². The molecule has 0 bridgehead atoms. The van der Waals surface area contributed by atoms with E-state index in [1.807, 2.05) is 0 Å². The topological polar surface area (TPSA) is 143 Å². The van der Waals surface area contributed by atoms with Crippen LogP contribution >= 0.6 is 0 Å². The van der Waals surface area contributed by atoms with Gasteiger partial charge in [-0.1, -0.05) is 6.07 Å². The Labute approximate surface area is 187 Å². The number of carbonyl (C=O) groups excluding carboxylic acids is 2. The van der Waals surface area contributed by atoms with Crippen LogP contribution in [0, 0.1) is 13.8 Å². The van der Waals surface area contributed by atoms with Crippen LogP contribution < -0.4 is 20.9 Å². The van der Waals surface area contributed by atoms with Crippen LogP contribution in [0.25, 0.3) is 11.6 Å². The van der Waals surface area contributed by atoms with Gasteiger partial charge in [-0.2, -0.15) is 0 Å². The standard InChI is InChI=1S/C23H20N4O6/c1-11-17(24-12(2)19(11)33-23(31)32)10-16-14-7-6-13(9-18(14)26-21(16)29)25-20(28)15-5-4-8-27(3)22(15)30/h4-10,24H,1-3H3,(H,25,28)(H,26,29)(H,31,32)/b16-10-. The first-order chi connectivity index (χ1) is 15.7. The number of aryl methyl sites for hydroxylation is 2. The molecular weight excluding hydrogens is 428 g/mol. The molecule has 168 valence electrons. The molecule has 0 saturated heterocycles. The van der Waals surface area contributed by atoms with Crippen molar-refractivity contribution >= 4 is 41.0 Å². The Hall–Kier alpha value is -4.60. The Morgan fingerprint density at radius 3 is 2.67 bits per heavy atom. The van der Waals surface area contributed by atoms with Crippen LogP contribution in [0.3, 0.4) is 0 Å². The molecule has 0 saturated carbocycles. The summed E-state index contributed by atoms with van der Waals surface area (Å²) in [4.78, 5) is 51.2. The second-order valence-corrected chi connectivity index (χ2v) is 7.55. The first kappa shape index (κ1) is 21.6. The fraction of sp³-hybridized carbons (Fsp3) is 0.130. The van der Waals surface area contributed by atoms with E-state index in [0.717, 1.165) is 0 Å². The van der Waals surface area contributed by atoms with Crippen molar-refractivity contribution in [1.29, 1.82) is 0 Å². The molecule has 2 amide bonds. The fourth-order valence-electron chi connectivity index (χ4n) is 3.67. The van der Waals surface area contributed by atoms with Gasteiger partial charge < -0.3 is 30.0 Å². The van der Waals surface area contributed by atoms with E-state index >= 15 is 0 Å². The number of carboxylic acid groups (broad SMARTS) is 1. The number of amides is 2. The zero-order valence-corrected chi connectivity index (χ0v) is 18.0. The first-order valence-corrected chi connectivity index (χ1v) is 9.90. The van der Waals surface area contributed by atoms with Crippen LogP contribution in [0.2, 0.25) is 0 Å². The number of aromatic nitrogens is 2. The molecule has 0 atom stereocenters. The van der Waals surface area contributed by atoms with E-state index < -0.39 is 17.6 Å². The lowest BCUT2D eigenvalue weighted by molar-refractivity contribution is -0.110. The van der Waals surface area contributed by atoms with Crippen LogP contribution in [-0.4, -0.2) is 32.6 Å². The van der Waals surface area contributed by atoms with E-state index in [9.17, 15) is 19.2 Å². The summed E-state index contributed by atoms with van der Waals surface area (Å²) in [5.74, 6) is -0.712. The smallest absolute Gasteiger partial charge is 0.449 e. The van der Waals surface area contributed by atoms with Gasteiger partial charge in [0.25, 0.3) is 17.4 Å². The summed E-state index contributed by atoms with van der Waals surface area (Å²) < 4.78 is 6.13. The number of carbonyl (C=O) groups is 3. The van der Waals surface area contributed by atoms with Crippen molar-refractivity contribution in [1.82, 2.24) is 9.55 Å². The maximum absolute atomic E-state index is 12.6. The van der Waals surface area contributed by atoms with Crippen LogP contribution in [0.15, 0.2) is 41.3 Å². The van der Waals surface area contributed by atoms with Gasteiger partial charge in [0.05, 0.1) is 17.0 Å². The molecule has 2 aromatic heterocycles. The highest BCUT2D eigenvalue weighted by Crippen LogP contribution is 2.36. The second-order valence-electron chi connectivity index (χ2n) is 7.55. The number of benzene rings is 1. The predicted octanol–water partition coefficient (Wildman–Crippen LogP) is 3.13. The molecule has 3 heterocycles. The molecule has 1 aliphatic heterocycles. The Morgan fingerprint density at radius 2 is 1.94 bits per heavy atom. The molecule has 1 aliphatic rings. The molecular formula is C23H20N4O6. The minimum Gasteiger partial charge on any atom is -0.449 e. The maximum atomic E-state index is 12.6. The maximum Gasteiger partial charge on any atom is 0.511 e. The molecule has 4 rings (SSSR count). The number of rotatable bonds is 4. The Balaban J connectivity index is 1.63. The fourth-order valence-corrected chi connectivity index (χ4v) is 3.67. The van der Waals surface area contributed by atoms with Gasteiger partial charge in [-0.05, 0) is 44.2 Å². The zero-order chi connectivity index (χ0) is 23.9. The van der Waals surface area contributed by atoms with Crippen molar-refractivity contribution in [3.05, 3.63) is 75.0 Å². The number of hydrogen-bond donors (Lipinski definition) is 4. The third kappa shape index (κ3) is 4.01. The number of pyridine rings is 1. The summed E-state index contributed by atoms with van der Waals surface area (Å²) in [6.07, 6.45) is 1.75. The van der Waals surface area contributed by atoms with Crippen LogP contribution in [0.5, 0.6) is 5.75 Å². The van der Waals surface area contributed by atoms with Gasteiger partial charge in [-0.15, -0.1) is 0 Å². The lowest BCUT2D eigenvalue weighted by Crippen LogP contribution is -2.27. The monoisotopic (exact) mass is 448 g/mol. The largest absolute Gasteiger partial charge is 0.511 e. The second kappa shape index (κ2) is 8.15. The Morgan fingerprint density at radius 1 is 1.18 bits per heavy atom. The molecule has 0 unspecified atom stereocenters. The lowest BCUT2D eigenvalue weighted by atomic mass is 10.0. The van der Waals surface area contributed by atoms with Crippen molar-refractivity contribution in [2.45, 2.75) is 13.8 Å². The summed E-state index contributed by atoms with van der Waals surface area (Å²) in [5.41, 5.74) is 3.08. The van der Waals surface area contributed by atoms with Crippen LogP contribution in [0.4, 0.5) is 16.2 Å². The minimum atomic E-state index is -1.42. The number of nitrogens with zero attached hydrogens (tertiary/aromatic N) is 1. The predicted molar refractivity (Wildman–Crippen MR) is 121 cm³/mol. The number of fused-ring (bicyclic) bond motifs is 1. The van der Waals surface area contributed by atoms with Crippen molar-refractivity contribution in [2.24, 2.45) is 7.05 Å². The van der Waals surface area contributed by atoms with Gasteiger partial charge in [-0.25, -0.2) is 4.79 Å². The summed E-state index contributed by atoms with van der Waals surface area (Å²) in [6.45, 7) is 3.36. The number of ether oxygens (including phenoxy) is 1. The third-order valence-electron chi connectivity index (χ3n) is 5.31. The van der Waals surface area contributed by atoms with Gasteiger partial charge in [0.2, 0.25) is 0 Å². The van der Waals surface area contributed by atoms with E-state index in [2.05, 4.69) is 15.6 Å². The molecule has 10 nitrogen and oxygen atoms in total. The average molecular weight is 448 g/mol. The number of nitrogens with one attached hydrogen (secondary N) is 3. The SMILES string of the molecule is Cc1[nH]c(/C=C2\C(=O)Nc3cc(NC(=O)c4cccn(C)c4=O)ccc32)c(C)c1OC(=O)O. The van der Waals surface area contributed by atoms with E-state index in [1.165, 1.54) is 10.6 Å². The summed E-state index contributed by atoms with van der Waals surface area (Å²) >= 11 is 0. The lowest BCUT2D eigenvalue weighted by Gasteiger charge is -2.08. The summed E-state index contributed by atoms with van der Waals surface area (Å²) in [7, 11) is 1.56. The molecule has 1 aromatic carbocycles. The molecule has 33 heavy (non-hydrogen) atoms. The van der Waals surface area contributed by atoms with Crippen molar-refractivity contribution < 1.29 is 24.2 Å². The molecule has 4 N–H and O–H groups in total. The molecule has 0 spiro atoms. The van der Waals surface area contributed by atoms with E-state index in [-0.39, 0.29) is 17.2 Å². The summed E-state index contributed by atoms with van der Waals surface area (Å²) in [6, 6.07) is 7.96. The van der Waals surface area contributed by atoms with Crippen molar-refractivity contribution in [2.75, 3.05) is 10.6 Å². The Kier molecular flexibility index (Phi) is 5.34. The Bertz CT molecular complexity index is 1410. The minimum absolute atomic E-state index is 0.00194. The molecule has 0 fully saturated rings. The number of H-pyrrole nitrogens is 1. The highest BCUT2D eigenvalue weighted by atomic mass is 16.7. The highest BCUT2D eigenvalue weighted by molar-refractivity contribution is 6.35. The zero-order valence-electron chi connectivity index (χ0n) is 18.0. The van der Waals surface area contributed by atoms with E-state index in [1.54, 1.807) is 57.4 Å². The highest BCUT2D eigenvalue weighted by Gasteiger charge is 2.26. The van der Waals surface area contributed by atoms with Crippen LogP contribution in [-0.2, 0) is 11.8 Å².